The van der Waals surface area contributed by atoms with Crippen LogP contribution >= 0.6 is 0 Å². The number of carbonyl (C=O) groups is 1. The van der Waals surface area contributed by atoms with Gasteiger partial charge in [-0.25, -0.2) is 4.79 Å². The molecule has 0 aliphatic heterocycles. The number of rotatable bonds is 5. The molecule has 1 heterocycles. The Morgan fingerprint density at radius 2 is 1.57 bits per heavy atom. The van der Waals surface area contributed by atoms with Gasteiger partial charge in [-0.15, -0.1) is 0 Å². The molecule has 0 fully saturated rings. The van der Waals surface area contributed by atoms with Crippen LogP contribution < -0.4 is 14.9 Å². The number of esters is 1. The van der Waals surface area contributed by atoms with Crippen molar-refractivity contribution in [2.75, 3.05) is 6.61 Å². The van der Waals surface area contributed by atoms with Gasteiger partial charge in [-0.05, 0) is 29.8 Å². The topological polar surface area (TPSA) is 65.7 Å². The summed E-state index contributed by atoms with van der Waals surface area (Å²) in [5.74, 6) is 0.314. The van der Waals surface area contributed by atoms with Gasteiger partial charge in [-0.2, -0.15) is 0 Å². The number of hydrogen-bond donors (Lipinski definition) is 0. The predicted molar refractivity (Wildman–Crippen MR) is 105 cm³/mol. The summed E-state index contributed by atoms with van der Waals surface area (Å²) in [5.41, 5.74) is 1.47. The molecule has 0 radical (unpaired) electrons. The number of hydrogen-bond acceptors (Lipinski definition) is 5. The Kier molecular flexibility index (Phi) is 4.89. The van der Waals surface area contributed by atoms with Gasteiger partial charge < -0.3 is 13.9 Å². The zero-order valence-corrected chi connectivity index (χ0v) is 14.8. The lowest BCUT2D eigenvalue weighted by molar-refractivity contribution is -0.136. The molecule has 0 aliphatic carbocycles. The predicted octanol–water partition coefficient (Wildman–Crippen LogP) is 4.44. The summed E-state index contributed by atoms with van der Waals surface area (Å²) in [5, 5.41) is 0.418. The van der Waals surface area contributed by atoms with Crippen LogP contribution in [0.4, 0.5) is 0 Å². The molecule has 0 aliphatic rings. The molecule has 0 amide bonds. The van der Waals surface area contributed by atoms with Gasteiger partial charge in [0.2, 0.25) is 0 Å². The van der Waals surface area contributed by atoms with Crippen LogP contribution in [0.15, 0.2) is 94.3 Å². The van der Waals surface area contributed by atoms with Gasteiger partial charge in [-0.3, -0.25) is 4.79 Å². The Hall–Kier alpha value is -3.86. The van der Waals surface area contributed by atoms with Crippen molar-refractivity contribution in [1.29, 1.82) is 0 Å². The molecule has 0 saturated heterocycles. The van der Waals surface area contributed by atoms with Gasteiger partial charge in [0.05, 0.1) is 10.9 Å². The second-order valence-corrected chi connectivity index (χ2v) is 6.08. The van der Waals surface area contributed by atoms with E-state index in [1.54, 1.807) is 24.3 Å². The fraction of sp³-hybridized carbons (Fsp3) is 0.0435. The summed E-state index contributed by atoms with van der Waals surface area (Å²) < 4.78 is 16.2. The standard InChI is InChI=1S/C23H16O5/c24-22(15-26-17-9-5-2-6-10-17)28-18-11-12-19-21(13-18)27-14-20(23(19)25)16-7-3-1-4-8-16/h1-14H,15H2. The van der Waals surface area contributed by atoms with Crippen LogP contribution in [-0.4, -0.2) is 12.6 Å². The Morgan fingerprint density at radius 3 is 2.32 bits per heavy atom. The van der Waals surface area contributed by atoms with Crippen molar-refractivity contribution < 1.29 is 18.7 Å². The second kappa shape index (κ2) is 7.80. The number of para-hydroxylation sites is 1. The lowest BCUT2D eigenvalue weighted by Crippen LogP contribution is -2.17. The minimum atomic E-state index is -0.550. The molecule has 3 aromatic carbocycles. The van der Waals surface area contributed by atoms with Crippen LogP contribution in [0.2, 0.25) is 0 Å². The molecule has 0 spiro atoms. The van der Waals surface area contributed by atoms with Crippen LogP contribution in [0.3, 0.4) is 0 Å². The quantitative estimate of drug-likeness (QED) is 0.383. The van der Waals surface area contributed by atoms with E-state index in [2.05, 4.69) is 0 Å². The highest BCUT2D eigenvalue weighted by Crippen LogP contribution is 2.23. The van der Waals surface area contributed by atoms with E-state index in [9.17, 15) is 9.59 Å². The fourth-order valence-electron chi connectivity index (χ4n) is 2.81. The van der Waals surface area contributed by atoms with Crippen LogP contribution in [0, 0.1) is 0 Å². The fourth-order valence-corrected chi connectivity index (χ4v) is 2.81. The number of benzene rings is 3. The zero-order chi connectivity index (χ0) is 19.3. The highest BCUT2D eigenvalue weighted by atomic mass is 16.6. The lowest BCUT2D eigenvalue weighted by Gasteiger charge is -2.07. The summed E-state index contributed by atoms with van der Waals surface area (Å²) >= 11 is 0. The maximum absolute atomic E-state index is 12.7. The molecule has 138 valence electrons. The monoisotopic (exact) mass is 372 g/mol. The molecule has 0 saturated carbocycles. The summed E-state index contributed by atoms with van der Waals surface area (Å²) in [6.45, 7) is -0.223. The molecule has 1 aromatic heterocycles. The Bertz CT molecular complexity index is 1160. The molecule has 0 unspecified atom stereocenters. The average molecular weight is 372 g/mol. The van der Waals surface area contributed by atoms with Gasteiger partial charge in [-0.1, -0.05) is 48.5 Å². The number of carbonyl (C=O) groups excluding carboxylic acids is 1. The Labute approximate surface area is 160 Å². The van der Waals surface area contributed by atoms with Crippen molar-refractivity contribution in [1.82, 2.24) is 0 Å². The van der Waals surface area contributed by atoms with Gasteiger partial charge >= 0.3 is 5.97 Å². The van der Waals surface area contributed by atoms with Gasteiger partial charge in [0.25, 0.3) is 0 Å². The first kappa shape index (κ1) is 17.5. The van der Waals surface area contributed by atoms with Crippen LogP contribution in [-0.2, 0) is 4.79 Å². The van der Waals surface area contributed by atoms with Crippen molar-refractivity contribution in [3.8, 4) is 22.6 Å². The summed E-state index contributed by atoms with van der Waals surface area (Å²) in [6.07, 6.45) is 1.42. The Balaban J connectivity index is 1.52. The minimum absolute atomic E-state index is 0.141. The second-order valence-electron chi connectivity index (χ2n) is 6.08. The third-order valence-corrected chi connectivity index (χ3v) is 4.16. The molecule has 5 heteroatoms. The van der Waals surface area contributed by atoms with Crippen molar-refractivity contribution in [2.45, 2.75) is 0 Å². The summed E-state index contributed by atoms with van der Waals surface area (Å²) in [6, 6.07) is 23.0. The first-order valence-electron chi connectivity index (χ1n) is 8.70. The number of ether oxygens (including phenoxy) is 2. The molecule has 4 rings (SSSR count). The molecule has 0 atom stereocenters. The van der Waals surface area contributed by atoms with Crippen LogP contribution in [0.25, 0.3) is 22.1 Å². The third kappa shape index (κ3) is 3.78. The van der Waals surface area contributed by atoms with Gasteiger partial charge in [0.15, 0.2) is 12.0 Å². The zero-order valence-electron chi connectivity index (χ0n) is 14.8. The lowest BCUT2D eigenvalue weighted by atomic mass is 10.1. The number of fused-ring (bicyclic) bond motifs is 1. The largest absolute Gasteiger partial charge is 0.482 e. The maximum atomic E-state index is 12.7. The van der Waals surface area contributed by atoms with E-state index < -0.39 is 5.97 Å². The molecular formula is C23H16O5. The van der Waals surface area contributed by atoms with Gasteiger partial charge in [0, 0.05) is 6.07 Å². The van der Waals surface area contributed by atoms with E-state index >= 15 is 0 Å². The highest BCUT2D eigenvalue weighted by Gasteiger charge is 2.12. The van der Waals surface area contributed by atoms with Crippen molar-refractivity contribution in [3.63, 3.8) is 0 Å². The van der Waals surface area contributed by atoms with E-state index in [1.807, 2.05) is 48.5 Å². The Morgan fingerprint density at radius 1 is 0.857 bits per heavy atom. The van der Waals surface area contributed by atoms with E-state index in [0.29, 0.717) is 22.3 Å². The van der Waals surface area contributed by atoms with E-state index in [1.165, 1.54) is 12.3 Å². The highest BCUT2D eigenvalue weighted by molar-refractivity contribution is 5.83. The van der Waals surface area contributed by atoms with Crippen molar-refractivity contribution in [3.05, 3.63) is 95.3 Å². The van der Waals surface area contributed by atoms with E-state index in [4.69, 9.17) is 13.9 Å². The third-order valence-electron chi connectivity index (χ3n) is 4.16. The molecule has 28 heavy (non-hydrogen) atoms. The van der Waals surface area contributed by atoms with Crippen molar-refractivity contribution in [2.24, 2.45) is 0 Å². The average Bonchev–Trinajstić information content (AvgIpc) is 2.74. The molecule has 0 bridgehead atoms. The summed E-state index contributed by atoms with van der Waals surface area (Å²) in [4.78, 5) is 24.7. The smallest absolute Gasteiger partial charge is 0.349 e. The van der Waals surface area contributed by atoms with Crippen LogP contribution in [0.5, 0.6) is 11.5 Å². The summed E-state index contributed by atoms with van der Waals surface area (Å²) in [7, 11) is 0. The minimum Gasteiger partial charge on any atom is -0.482 e. The molecule has 5 nitrogen and oxygen atoms in total. The first-order chi connectivity index (χ1) is 13.7. The van der Waals surface area contributed by atoms with Gasteiger partial charge in [0.1, 0.15) is 23.3 Å². The van der Waals surface area contributed by atoms with Crippen LogP contribution in [0.1, 0.15) is 0 Å². The SMILES string of the molecule is O=C(COc1ccccc1)Oc1ccc2c(=O)c(-c3ccccc3)coc2c1. The van der Waals surface area contributed by atoms with E-state index in [-0.39, 0.29) is 17.8 Å². The molecular weight excluding hydrogens is 356 g/mol. The molecule has 4 aromatic rings. The maximum Gasteiger partial charge on any atom is 0.349 e. The molecule has 0 N–H and O–H groups in total. The first-order valence-corrected chi connectivity index (χ1v) is 8.70. The van der Waals surface area contributed by atoms with E-state index in [0.717, 1.165) is 5.56 Å². The van der Waals surface area contributed by atoms with Crippen molar-refractivity contribution >= 4 is 16.9 Å². The normalized spacial score (nSPS) is 10.6.